The molecule has 1 N–H and O–H groups in total. The number of aryl methyl sites for hydroxylation is 2. The Balaban J connectivity index is 1.69. The van der Waals surface area contributed by atoms with Crippen molar-refractivity contribution in [3.05, 3.63) is 54.0 Å². The third kappa shape index (κ3) is 4.45. The van der Waals surface area contributed by atoms with Crippen molar-refractivity contribution in [1.82, 2.24) is 14.5 Å². The normalized spacial score (nSPS) is 11.7. The van der Waals surface area contributed by atoms with E-state index < -0.39 is 11.7 Å². The van der Waals surface area contributed by atoms with Gasteiger partial charge in [0.05, 0.1) is 5.56 Å². The van der Waals surface area contributed by atoms with E-state index in [4.69, 9.17) is 0 Å². The maximum atomic E-state index is 12.8. The van der Waals surface area contributed by atoms with E-state index in [1.54, 1.807) is 12.3 Å². The van der Waals surface area contributed by atoms with Crippen LogP contribution in [-0.2, 0) is 23.9 Å². The Morgan fingerprint density at radius 2 is 2.04 bits per heavy atom. The molecule has 5 nitrogen and oxygen atoms in total. The predicted octanol–water partition coefficient (Wildman–Crippen LogP) is 4.43. The van der Waals surface area contributed by atoms with Gasteiger partial charge in [0.25, 0.3) is 0 Å². The molecule has 142 valence electrons. The number of hydrogen-bond donors (Lipinski definition) is 1. The molecule has 0 bridgehead atoms. The molecule has 0 saturated heterocycles. The van der Waals surface area contributed by atoms with Gasteiger partial charge in [-0.1, -0.05) is 13.0 Å². The lowest BCUT2D eigenvalue weighted by Crippen LogP contribution is -2.15. The number of halogens is 3. The molecule has 8 heteroatoms. The molecule has 27 heavy (non-hydrogen) atoms. The summed E-state index contributed by atoms with van der Waals surface area (Å²) in [7, 11) is 0. The summed E-state index contributed by atoms with van der Waals surface area (Å²) in [4.78, 5) is 21.1. The third-order valence-corrected chi connectivity index (χ3v) is 4.08. The zero-order valence-electron chi connectivity index (χ0n) is 14.8. The topological polar surface area (TPSA) is 59.8 Å². The molecule has 1 aromatic carbocycles. The summed E-state index contributed by atoms with van der Waals surface area (Å²) in [6.45, 7) is 2.77. The first kappa shape index (κ1) is 18.9. The van der Waals surface area contributed by atoms with Crippen LogP contribution < -0.4 is 5.32 Å². The Morgan fingerprint density at radius 1 is 1.22 bits per heavy atom. The summed E-state index contributed by atoms with van der Waals surface area (Å²) in [5.74, 6) is 0.377. The van der Waals surface area contributed by atoms with Crippen molar-refractivity contribution in [1.29, 1.82) is 0 Å². The predicted molar refractivity (Wildman–Crippen MR) is 96.2 cm³/mol. The van der Waals surface area contributed by atoms with Crippen LogP contribution in [0.3, 0.4) is 0 Å². The SMILES string of the molecule is CCCn1c(CCC(=O)Nc2cccc(C(F)(F)F)c2)nc2cccnc21. The van der Waals surface area contributed by atoms with Crippen LogP contribution in [0, 0.1) is 0 Å². The van der Waals surface area contributed by atoms with E-state index in [1.807, 2.05) is 17.6 Å². The van der Waals surface area contributed by atoms with Gasteiger partial charge in [-0.05, 0) is 36.8 Å². The molecule has 2 aromatic heterocycles. The van der Waals surface area contributed by atoms with Gasteiger partial charge in [0, 0.05) is 31.3 Å². The van der Waals surface area contributed by atoms with Crippen molar-refractivity contribution < 1.29 is 18.0 Å². The van der Waals surface area contributed by atoms with Gasteiger partial charge in [0.1, 0.15) is 11.3 Å². The van der Waals surface area contributed by atoms with E-state index in [-0.39, 0.29) is 18.0 Å². The lowest BCUT2D eigenvalue weighted by atomic mass is 10.2. The number of benzene rings is 1. The number of carbonyl (C=O) groups excluding carboxylic acids is 1. The monoisotopic (exact) mass is 376 g/mol. The van der Waals surface area contributed by atoms with E-state index in [1.165, 1.54) is 12.1 Å². The van der Waals surface area contributed by atoms with Gasteiger partial charge in [-0.2, -0.15) is 13.2 Å². The van der Waals surface area contributed by atoms with Crippen molar-refractivity contribution in [2.75, 3.05) is 5.32 Å². The number of aromatic nitrogens is 3. The van der Waals surface area contributed by atoms with Crippen molar-refractivity contribution in [2.24, 2.45) is 0 Å². The molecule has 0 aliphatic rings. The fourth-order valence-corrected chi connectivity index (χ4v) is 2.88. The first-order chi connectivity index (χ1) is 12.9. The summed E-state index contributed by atoms with van der Waals surface area (Å²) >= 11 is 0. The number of hydrogen-bond acceptors (Lipinski definition) is 3. The zero-order valence-corrected chi connectivity index (χ0v) is 14.8. The standard InChI is InChI=1S/C19H19F3N4O/c1-2-11-26-16(25-15-7-4-10-23-18(15)26)8-9-17(27)24-14-6-3-5-13(12-14)19(20,21)22/h3-7,10,12H,2,8-9,11H2,1H3,(H,24,27). The summed E-state index contributed by atoms with van der Waals surface area (Å²) < 4.78 is 40.3. The van der Waals surface area contributed by atoms with Gasteiger partial charge < -0.3 is 9.88 Å². The number of carbonyl (C=O) groups is 1. The van der Waals surface area contributed by atoms with Gasteiger partial charge in [0.2, 0.25) is 5.91 Å². The number of fused-ring (bicyclic) bond motifs is 1. The Bertz CT molecular complexity index is 950. The number of imidazole rings is 1. The minimum absolute atomic E-state index is 0.114. The fourth-order valence-electron chi connectivity index (χ4n) is 2.88. The summed E-state index contributed by atoms with van der Waals surface area (Å²) in [6, 6.07) is 8.26. The Kier molecular flexibility index (Phi) is 5.43. The molecule has 0 unspecified atom stereocenters. The molecule has 3 aromatic rings. The molecule has 0 atom stereocenters. The Hall–Kier alpha value is -2.90. The van der Waals surface area contributed by atoms with Crippen molar-refractivity contribution >= 4 is 22.8 Å². The summed E-state index contributed by atoms with van der Waals surface area (Å²) in [6.07, 6.45) is -1.37. The van der Waals surface area contributed by atoms with E-state index in [9.17, 15) is 18.0 Å². The number of nitrogens with zero attached hydrogens (tertiary/aromatic N) is 3. The van der Waals surface area contributed by atoms with E-state index in [2.05, 4.69) is 15.3 Å². The van der Waals surface area contributed by atoms with Crippen LogP contribution in [0.4, 0.5) is 18.9 Å². The number of nitrogens with one attached hydrogen (secondary N) is 1. The molecule has 1 amide bonds. The quantitative estimate of drug-likeness (QED) is 0.692. The van der Waals surface area contributed by atoms with E-state index >= 15 is 0 Å². The van der Waals surface area contributed by atoms with Crippen molar-refractivity contribution in [2.45, 2.75) is 38.9 Å². The second-order valence-corrected chi connectivity index (χ2v) is 6.15. The molecule has 0 aliphatic heterocycles. The van der Waals surface area contributed by atoms with Gasteiger partial charge >= 0.3 is 6.18 Å². The van der Waals surface area contributed by atoms with Gasteiger partial charge in [-0.15, -0.1) is 0 Å². The molecule has 0 spiro atoms. The van der Waals surface area contributed by atoms with Crippen LogP contribution in [0.2, 0.25) is 0 Å². The molecular weight excluding hydrogens is 357 g/mol. The molecule has 0 saturated carbocycles. The first-order valence-corrected chi connectivity index (χ1v) is 8.65. The van der Waals surface area contributed by atoms with Crippen molar-refractivity contribution in [3.63, 3.8) is 0 Å². The number of anilines is 1. The van der Waals surface area contributed by atoms with Crippen LogP contribution in [0.25, 0.3) is 11.2 Å². The average molecular weight is 376 g/mol. The molecule has 3 rings (SSSR count). The maximum absolute atomic E-state index is 12.8. The molecular formula is C19H19F3N4O. The van der Waals surface area contributed by atoms with Gasteiger partial charge in [-0.3, -0.25) is 4.79 Å². The molecule has 0 radical (unpaired) electrons. The number of pyridine rings is 1. The van der Waals surface area contributed by atoms with Gasteiger partial charge in [-0.25, -0.2) is 9.97 Å². The lowest BCUT2D eigenvalue weighted by molar-refractivity contribution is -0.137. The minimum atomic E-state index is -4.45. The average Bonchev–Trinajstić information content (AvgIpc) is 2.98. The van der Waals surface area contributed by atoms with Crippen LogP contribution in [0.5, 0.6) is 0 Å². The molecule has 0 aliphatic carbocycles. The van der Waals surface area contributed by atoms with E-state index in [0.717, 1.165) is 42.1 Å². The highest BCUT2D eigenvalue weighted by Crippen LogP contribution is 2.30. The second-order valence-electron chi connectivity index (χ2n) is 6.15. The lowest BCUT2D eigenvalue weighted by Gasteiger charge is -2.10. The molecule has 2 heterocycles. The van der Waals surface area contributed by atoms with E-state index in [0.29, 0.717) is 6.42 Å². The third-order valence-electron chi connectivity index (χ3n) is 4.08. The van der Waals surface area contributed by atoms with Gasteiger partial charge in [0.15, 0.2) is 5.65 Å². The Morgan fingerprint density at radius 3 is 2.78 bits per heavy atom. The smallest absolute Gasteiger partial charge is 0.326 e. The van der Waals surface area contributed by atoms with Crippen LogP contribution >= 0.6 is 0 Å². The number of rotatable bonds is 6. The Labute approximate surface area is 154 Å². The zero-order chi connectivity index (χ0) is 19.4. The second kappa shape index (κ2) is 7.77. The van der Waals surface area contributed by atoms with Crippen LogP contribution in [0.15, 0.2) is 42.6 Å². The largest absolute Gasteiger partial charge is 0.416 e. The highest BCUT2D eigenvalue weighted by atomic mass is 19.4. The maximum Gasteiger partial charge on any atom is 0.416 e. The number of alkyl halides is 3. The van der Waals surface area contributed by atoms with Crippen molar-refractivity contribution in [3.8, 4) is 0 Å². The number of amides is 1. The fraction of sp³-hybridized carbons (Fsp3) is 0.316. The van der Waals surface area contributed by atoms with Crippen LogP contribution in [-0.4, -0.2) is 20.4 Å². The highest BCUT2D eigenvalue weighted by molar-refractivity contribution is 5.90. The van der Waals surface area contributed by atoms with Crippen LogP contribution in [0.1, 0.15) is 31.2 Å². The highest BCUT2D eigenvalue weighted by Gasteiger charge is 2.30. The molecule has 0 fully saturated rings. The first-order valence-electron chi connectivity index (χ1n) is 8.65. The summed E-state index contributed by atoms with van der Waals surface area (Å²) in [5, 5.41) is 2.52. The minimum Gasteiger partial charge on any atom is -0.326 e. The summed E-state index contributed by atoms with van der Waals surface area (Å²) in [5.41, 5.74) is 0.863.